The Balaban J connectivity index is 0.00000280. The number of hydrogen-bond acceptors (Lipinski definition) is 3. The summed E-state index contributed by atoms with van der Waals surface area (Å²) in [5, 5.41) is 6.61. The molecule has 1 heterocycles. The molecule has 4 unspecified atom stereocenters. The van der Waals surface area contributed by atoms with Gasteiger partial charge in [0.25, 0.3) is 0 Å². The normalized spacial score (nSPS) is 28.6. The van der Waals surface area contributed by atoms with Gasteiger partial charge in [-0.25, -0.2) is 0 Å². The molecule has 1 saturated carbocycles. The monoisotopic (exact) mass is 502 g/mol. The summed E-state index contributed by atoms with van der Waals surface area (Å²) in [4.78, 5) is 31.4. The second kappa shape index (κ2) is 9.59. The molecule has 3 rings (SSSR count). The van der Waals surface area contributed by atoms with Crippen LogP contribution in [0.15, 0.2) is 17.1 Å². The van der Waals surface area contributed by atoms with Gasteiger partial charge in [-0.2, -0.15) is 0 Å². The minimum absolute atomic E-state index is 0. The average molecular weight is 502 g/mol. The van der Waals surface area contributed by atoms with Gasteiger partial charge in [0.05, 0.1) is 11.8 Å². The molecule has 158 valence electrons. The summed E-state index contributed by atoms with van der Waals surface area (Å²) in [7, 11) is 0. The van der Waals surface area contributed by atoms with Crippen molar-refractivity contribution < 1.29 is 9.59 Å². The standard InChI is InChI=1S/C21H34N4O2.HI/c1-5-22-20(24-11-9-21(2,3)4)23-10-6-12-25-18(26)16-14-7-8-15(13-14)17(16)19(25)27;/h7-8,14-17H,5-6,9-13H2,1-4H3,(H2,22,23,24);1H. The van der Waals surface area contributed by atoms with Gasteiger partial charge in [-0.15, -0.1) is 24.0 Å². The van der Waals surface area contributed by atoms with Crippen molar-refractivity contribution in [3.63, 3.8) is 0 Å². The quantitative estimate of drug-likeness (QED) is 0.140. The number of halogens is 1. The molecule has 2 amide bonds. The predicted octanol–water partition coefficient (Wildman–Crippen LogP) is 2.79. The van der Waals surface area contributed by atoms with Crippen molar-refractivity contribution in [3.05, 3.63) is 12.2 Å². The summed E-state index contributed by atoms with van der Waals surface area (Å²) in [6.45, 7) is 11.5. The van der Waals surface area contributed by atoms with Crippen LogP contribution < -0.4 is 10.6 Å². The van der Waals surface area contributed by atoms with Gasteiger partial charge in [-0.3, -0.25) is 19.5 Å². The van der Waals surface area contributed by atoms with E-state index in [1.54, 1.807) is 0 Å². The van der Waals surface area contributed by atoms with E-state index in [1.165, 1.54) is 4.90 Å². The zero-order chi connectivity index (χ0) is 19.6. The average Bonchev–Trinajstić information content (AvgIpc) is 3.26. The lowest BCUT2D eigenvalue weighted by molar-refractivity contribution is -0.140. The number of hydrogen-bond donors (Lipinski definition) is 2. The second-order valence-electron chi connectivity index (χ2n) is 9.18. The van der Waals surface area contributed by atoms with Gasteiger partial charge >= 0.3 is 0 Å². The Hall–Kier alpha value is -1.12. The molecule has 0 radical (unpaired) electrons. The first kappa shape index (κ1) is 23.2. The third-order valence-corrected chi connectivity index (χ3v) is 5.88. The maximum atomic E-state index is 12.7. The summed E-state index contributed by atoms with van der Waals surface area (Å²) >= 11 is 0. The molecule has 2 bridgehead atoms. The van der Waals surface area contributed by atoms with Crippen LogP contribution in [-0.2, 0) is 9.59 Å². The highest BCUT2D eigenvalue weighted by Gasteiger charge is 2.58. The van der Waals surface area contributed by atoms with Crippen LogP contribution in [0.3, 0.4) is 0 Å². The number of carbonyl (C=O) groups is 2. The highest BCUT2D eigenvalue weighted by Crippen LogP contribution is 2.52. The number of likely N-dealkylation sites (tertiary alicyclic amines) is 1. The number of guanidine groups is 1. The molecule has 7 heteroatoms. The highest BCUT2D eigenvalue weighted by molar-refractivity contribution is 14.0. The number of rotatable bonds is 7. The van der Waals surface area contributed by atoms with E-state index < -0.39 is 0 Å². The second-order valence-corrected chi connectivity index (χ2v) is 9.18. The summed E-state index contributed by atoms with van der Waals surface area (Å²) in [6, 6.07) is 0. The first-order valence-corrected chi connectivity index (χ1v) is 10.4. The third kappa shape index (κ3) is 5.07. The maximum Gasteiger partial charge on any atom is 0.233 e. The van der Waals surface area contributed by atoms with Gasteiger partial charge in [-0.05, 0) is 43.4 Å². The van der Waals surface area contributed by atoms with Crippen molar-refractivity contribution >= 4 is 41.8 Å². The van der Waals surface area contributed by atoms with Crippen LogP contribution >= 0.6 is 24.0 Å². The van der Waals surface area contributed by atoms with E-state index in [0.717, 1.165) is 31.9 Å². The number of allylic oxidation sites excluding steroid dienone is 2. The van der Waals surface area contributed by atoms with Gasteiger partial charge in [0.1, 0.15) is 0 Å². The molecular formula is C21H35IN4O2. The van der Waals surface area contributed by atoms with Crippen molar-refractivity contribution in [1.82, 2.24) is 15.5 Å². The van der Waals surface area contributed by atoms with Crippen molar-refractivity contribution in [1.29, 1.82) is 0 Å². The van der Waals surface area contributed by atoms with Crippen molar-refractivity contribution in [3.8, 4) is 0 Å². The zero-order valence-electron chi connectivity index (χ0n) is 17.5. The van der Waals surface area contributed by atoms with Crippen LogP contribution in [0.1, 0.15) is 47.0 Å². The molecule has 6 nitrogen and oxygen atoms in total. The molecule has 2 N–H and O–H groups in total. The lowest BCUT2D eigenvalue weighted by Gasteiger charge is -2.19. The zero-order valence-corrected chi connectivity index (χ0v) is 19.9. The molecule has 1 saturated heterocycles. The molecular weight excluding hydrogens is 467 g/mol. The highest BCUT2D eigenvalue weighted by atomic mass is 127. The van der Waals surface area contributed by atoms with Crippen molar-refractivity contribution in [2.75, 3.05) is 26.2 Å². The van der Waals surface area contributed by atoms with E-state index in [9.17, 15) is 9.59 Å². The number of aliphatic imine (C=N–C) groups is 1. The third-order valence-electron chi connectivity index (χ3n) is 5.88. The number of nitrogens with one attached hydrogen (secondary N) is 2. The fraction of sp³-hybridized carbons (Fsp3) is 0.762. The SMILES string of the molecule is CCNC(=NCCCN1C(=O)C2C3C=CC(C3)C2C1=O)NCCC(C)(C)C.I. The largest absolute Gasteiger partial charge is 0.357 e. The molecule has 0 aromatic heterocycles. The molecule has 0 aromatic carbocycles. The number of fused-ring (bicyclic) bond motifs is 5. The molecule has 3 aliphatic rings. The minimum Gasteiger partial charge on any atom is -0.357 e. The van der Waals surface area contributed by atoms with E-state index in [1.807, 2.05) is 6.92 Å². The molecule has 2 aliphatic carbocycles. The maximum absolute atomic E-state index is 12.7. The smallest absolute Gasteiger partial charge is 0.233 e. The molecule has 1 aliphatic heterocycles. The Morgan fingerprint density at radius 1 is 1.14 bits per heavy atom. The van der Waals surface area contributed by atoms with Crippen LogP contribution in [0.2, 0.25) is 0 Å². The Labute approximate surface area is 186 Å². The lowest BCUT2D eigenvalue weighted by atomic mass is 9.85. The van der Waals surface area contributed by atoms with E-state index >= 15 is 0 Å². The first-order chi connectivity index (χ1) is 12.8. The van der Waals surface area contributed by atoms with E-state index in [2.05, 4.69) is 48.5 Å². The number of nitrogens with zero attached hydrogens (tertiary/aromatic N) is 2. The molecule has 0 spiro atoms. The van der Waals surface area contributed by atoms with E-state index in [4.69, 9.17) is 0 Å². The summed E-state index contributed by atoms with van der Waals surface area (Å²) in [5.41, 5.74) is 0.285. The first-order valence-electron chi connectivity index (χ1n) is 10.4. The molecule has 0 aromatic rings. The van der Waals surface area contributed by atoms with Crippen molar-refractivity contribution in [2.45, 2.75) is 47.0 Å². The lowest BCUT2D eigenvalue weighted by Crippen LogP contribution is -2.39. The number of amides is 2. The van der Waals surface area contributed by atoms with Crippen LogP contribution in [0.5, 0.6) is 0 Å². The van der Waals surface area contributed by atoms with Crippen LogP contribution in [0, 0.1) is 29.1 Å². The fourth-order valence-electron chi connectivity index (χ4n) is 4.50. The van der Waals surface area contributed by atoms with Gasteiger partial charge in [0.2, 0.25) is 11.8 Å². The van der Waals surface area contributed by atoms with Gasteiger partial charge in [-0.1, -0.05) is 32.9 Å². The molecule has 28 heavy (non-hydrogen) atoms. The van der Waals surface area contributed by atoms with Crippen LogP contribution in [0.4, 0.5) is 0 Å². The Morgan fingerprint density at radius 2 is 1.75 bits per heavy atom. The number of carbonyl (C=O) groups excluding carboxylic acids is 2. The minimum atomic E-state index is -0.0904. The summed E-state index contributed by atoms with van der Waals surface area (Å²) in [6.07, 6.45) is 7.02. The Morgan fingerprint density at radius 3 is 2.29 bits per heavy atom. The Kier molecular flexibility index (Phi) is 7.93. The summed E-state index contributed by atoms with van der Waals surface area (Å²) in [5.74, 6) is 1.28. The number of imide groups is 1. The van der Waals surface area contributed by atoms with Crippen LogP contribution in [0.25, 0.3) is 0 Å². The molecule has 2 fully saturated rings. The van der Waals surface area contributed by atoms with Gasteiger partial charge in [0, 0.05) is 26.2 Å². The Bertz CT molecular complexity index is 611. The van der Waals surface area contributed by atoms with E-state index in [0.29, 0.717) is 19.5 Å². The van der Waals surface area contributed by atoms with Gasteiger partial charge in [0.15, 0.2) is 5.96 Å². The predicted molar refractivity (Wildman–Crippen MR) is 123 cm³/mol. The van der Waals surface area contributed by atoms with Crippen molar-refractivity contribution in [2.24, 2.45) is 34.1 Å². The fourth-order valence-corrected chi connectivity index (χ4v) is 4.50. The summed E-state index contributed by atoms with van der Waals surface area (Å²) < 4.78 is 0. The van der Waals surface area contributed by atoms with Gasteiger partial charge < -0.3 is 10.6 Å². The topological polar surface area (TPSA) is 73.8 Å². The van der Waals surface area contributed by atoms with Crippen LogP contribution in [-0.4, -0.2) is 48.9 Å². The van der Waals surface area contributed by atoms with E-state index in [-0.39, 0.29) is 64.9 Å². The molecule has 4 atom stereocenters.